The Morgan fingerprint density at radius 2 is 2.15 bits per heavy atom. The first-order chi connectivity index (χ1) is 12.6. The zero-order valence-electron chi connectivity index (χ0n) is 15.3. The molecule has 0 radical (unpaired) electrons. The Morgan fingerprint density at radius 3 is 2.96 bits per heavy atom. The highest BCUT2D eigenvalue weighted by Gasteiger charge is 2.27. The molecule has 1 amide bonds. The van der Waals surface area contributed by atoms with Crippen LogP contribution in [0.4, 0.5) is 0 Å². The maximum absolute atomic E-state index is 12.7. The first-order valence-electron chi connectivity index (χ1n) is 9.17. The van der Waals surface area contributed by atoms with Gasteiger partial charge in [0.05, 0.1) is 17.8 Å². The maximum atomic E-state index is 12.7. The molecule has 7 heteroatoms. The molecular weight excluding hydrogens is 328 g/mol. The van der Waals surface area contributed by atoms with E-state index in [1.54, 1.807) is 0 Å². The van der Waals surface area contributed by atoms with Gasteiger partial charge in [-0.05, 0) is 31.9 Å². The Hall–Kier alpha value is -2.70. The molecular formula is C19H24N6O. The number of fused-ring (bicyclic) bond motifs is 1. The van der Waals surface area contributed by atoms with E-state index in [9.17, 15) is 4.79 Å². The van der Waals surface area contributed by atoms with E-state index in [0.717, 1.165) is 48.5 Å². The fourth-order valence-corrected chi connectivity index (χ4v) is 3.87. The highest BCUT2D eigenvalue weighted by atomic mass is 16.2. The Labute approximate surface area is 152 Å². The number of hydrogen-bond donors (Lipinski definition) is 0. The summed E-state index contributed by atoms with van der Waals surface area (Å²) in [7, 11) is 2.03. The van der Waals surface area contributed by atoms with Crippen LogP contribution in [0.2, 0.25) is 0 Å². The molecule has 0 unspecified atom stereocenters. The summed E-state index contributed by atoms with van der Waals surface area (Å²) in [4.78, 5) is 19.4. The van der Waals surface area contributed by atoms with Crippen molar-refractivity contribution in [3.8, 4) is 0 Å². The molecule has 1 saturated heterocycles. The Morgan fingerprint density at radius 1 is 1.31 bits per heavy atom. The summed E-state index contributed by atoms with van der Waals surface area (Å²) in [6.07, 6.45) is 4.60. The third-order valence-electron chi connectivity index (χ3n) is 5.13. The number of para-hydroxylation sites is 1. The van der Waals surface area contributed by atoms with Gasteiger partial charge >= 0.3 is 0 Å². The minimum atomic E-state index is 0.181. The van der Waals surface area contributed by atoms with E-state index in [4.69, 9.17) is 0 Å². The number of aryl methyl sites for hydroxylation is 3. The fourth-order valence-electron chi connectivity index (χ4n) is 3.87. The van der Waals surface area contributed by atoms with Gasteiger partial charge in [-0.1, -0.05) is 17.3 Å². The van der Waals surface area contributed by atoms with Crippen LogP contribution < -0.4 is 0 Å². The van der Waals surface area contributed by atoms with E-state index in [2.05, 4.69) is 19.9 Å². The van der Waals surface area contributed by atoms with Crippen molar-refractivity contribution in [2.24, 2.45) is 7.05 Å². The number of aromatic nitrogens is 5. The molecule has 0 aliphatic carbocycles. The van der Waals surface area contributed by atoms with Gasteiger partial charge in [-0.25, -0.2) is 9.67 Å². The zero-order valence-corrected chi connectivity index (χ0v) is 15.3. The van der Waals surface area contributed by atoms with Crippen LogP contribution in [0.15, 0.2) is 30.5 Å². The molecule has 136 valence electrons. The predicted octanol–water partition coefficient (Wildman–Crippen LogP) is 2.27. The van der Waals surface area contributed by atoms with Crippen molar-refractivity contribution >= 4 is 16.9 Å². The molecule has 0 bridgehead atoms. The average molecular weight is 352 g/mol. The van der Waals surface area contributed by atoms with Crippen LogP contribution in [0.25, 0.3) is 11.0 Å². The highest BCUT2D eigenvalue weighted by Crippen LogP contribution is 2.26. The Bertz CT molecular complexity index is 927. The molecule has 4 rings (SSSR count). The molecule has 3 aromatic rings. The largest absolute Gasteiger partial charge is 0.342 e. The van der Waals surface area contributed by atoms with Crippen LogP contribution in [-0.4, -0.2) is 48.4 Å². The summed E-state index contributed by atoms with van der Waals surface area (Å²) in [5.74, 6) is 1.58. The van der Waals surface area contributed by atoms with Crippen molar-refractivity contribution < 1.29 is 4.79 Å². The molecule has 0 spiro atoms. The number of likely N-dealkylation sites (tertiary alicyclic amines) is 1. The normalized spacial score (nSPS) is 17.8. The van der Waals surface area contributed by atoms with Crippen molar-refractivity contribution in [1.82, 2.24) is 29.4 Å². The van der Waals surface area contributed by atoms with Gasteiger partial charge in [-0.15, -0.1) is 5.10 Å². The van der Waals surface area contributed by atoms with Gasteiger partial charge in [0.25, 0.3) is 0 Å². The predicted molar refractivity (Wildman–Crippen MR) is 98.6 cm³/mol. The molecule has 1 aliphatic heterocycles. The van der Waals surface area contributed by atoms with Crippen LogP contribution in [0.5, 0.6) is 0 Å². The van der Waals surface area contributed by atoms with E-state index < -0.39 is 0 Å². The number of nitrogens with zero attached hydrogens (tertiary/aromatic N) is 6. The van der Waals surface area contributed by atoms with Crippen LogP contribution in [0.1, 0.15) is 36.7 Å². The monoisotopic (exact) mass is 352 g/mol. The SMILES string of the molecule is Cc1cn(C)c([C@H]2CCCN(C(=O)CCn3nnc4ccccc43)C2)n1. The standard InChI is InChI=1S/C19H24N6O/c1-14-12-23(2)19(20-14)15-6-5-10-24(13-15)18(26)9-11-25-17-8-4-3-7-16(17)21-22-25/h3-4,7-8,12,15H,5-6,9-11,13H2,1-2H3/t15-/m0/s1. The smallest absolute Gasteiger partial charge is 0.224 e. The molecule has 1 fully saturated rings. The zero-order chi connectivity index (χ0) is 18.1. The van der Waals surface area contributed by atoms with Crippen LogP contribution in [0, 0.1) is 6.92 Å². The highest BCUT2D eigenvalue weighted by molar-refractivity contribution is 5.77. The second kappa shape index (κ2) is 6.90. The van der Waals surface area contributed by atoms with Crippen molar-refractivity contribution in [3.63, 3.8) is 0 Å². The van der Waals surface area contributed by atoms with Crippen molar-refractivity contribution in [1.29, 1.82) is 0 Å². The van der Waals surface area contributed by atoms with Gasteiger partial charge in [0.1, 0.15) is 11.3 Å². The minimum absolute atomic E-state index is 0.181. The molecule has 0 N–H and O–H groups in total. The summed E-state index contributed by atoms with van der Waals surface area (Å²) in [6.45, 7) is 4.15. The number of benzene rings is 1. The van der Waals surface area contributed by atoms with Gasteiger partial charge < -0.3 is 9.47 Å². The summed E-state index contributed by atoms with van der Waals surface area (Å²) in [6, 6.07) is 7.83. The summed E-state index contributed by atoms with van der Waals surface area (Å²) in [5.41, 5.74) is 2.87. The molecule has 0 saturated carbocycles. The van der Waals surface area contributed by atoms with Gasteiger partial charge in [0.15, 0.2) is 0 Å². The summed E-state index contributed by atoms with van der Waals surface area (Å²) < 4.78 is 3.91. The first-order valence-corrected chi connectivity index (χ1v) is 9.17. The third-order valence-corrected chi connectivity index (χ3v) is 5.13. The topological polar surface area (TPSA) is 68.8 Å². The van der Waals surface area contributed by atoms with Crippen molar-refractivity contribution in [3.05, 3.63) is 42.0 Å². The Kier molecular flexibility index (Phi) is 4.44. The van der Waals surface area contributed by atoms with Gasteiger partial charge in [0, 0.05) is 38.7 Å². The average Bonchev–Trinajstić information content (AvgIpc) is 3.22. The van der Waals surface area contributed by atoms with E-state index >= 15 is 0 Å². The number of hydrogen-bond acceptors (Lipinski definition) is 4. The summed E-state index contributed by atoms with van der Waals surface area (Å²) >= 11 is 0. The lowest BCUT2D eigenvalue weighted by molar-refractivity contribution is -0.132. The molecule has 7 nitrogen and oxygen atoms in total. The van der Waals surface area contributed by atoms with E-state index in [1.807, 2.05) is 54.0 Å². The lowest BCUT2D eigenvalue weighted by atomic mass is 9.97. The molecule has 2 aromatic heterocycles. The van der Waals surface area contributed by atoms with E-state index in [0.29, 0.717) is 18.9 Å². The number of piperidine rings is 1. The van der Waals surface area contributed by atoms with Gasteiger partial charge in [-0.2, -0.15) is 0 Å². The third kappa shape index (κ3) is 3.21. The Balaban J connectivity index is 1.40. The van der Waals surface area contributed by atoms with E-state index in [1.165, 1.54) is 0 Å². The molecule has 1 aromatic carbocycles. The number of rotatable bonds is 4. The van der Waals surface area contributed by atoms with Crippen molar-refractivity contribution in [2.45, 2.75) is 38.6 Å². The lowest BCUT2D eigenvalue weighted by Crippen LogP contribution is -2.40. The number of carbonyl (C=O) groups is 1. The van der Waals surface area contributed by atoms with Gasteiger partial charge in [0.2, 0.25) is 5.91 Å². The van der Waals surface area contributed by atoms with Crippen LogP contribution in [0.3, 0.4) is 0 Å². The quantitative estimate of drug-likeness (QED) is 0.722. The number of imidazole rings is 1. The molecule has 3 heterocycles. The fraction of sp³-hybridized carbons (Fsp3) is 0.474. The molecule has 1 aliphatic rings. The van der Waals surface area contributed by atoms with Gasteiger partial charge in [-0.3, -0.25) is 4.79 Å². The summed E-state index contributed by atoms with van der Waals surface area (Å²) in [5, 5.41) is 8.32. The van der Waals surface area contributed by atoms with Crippen molar-refractivity contribution in [2.75, 3.05) is 13.1 Å². The lowest BCUT2D eigenvalue weighted by Gasteiger charge is -2.32. The number of amides is 1. The molecule has 1 atom stereocenters. The second-order valence-corrected chi connectivity index (χ2v) is 7.08. The first kappa shape index (κ1) is 16.8. The molecule has 26 heavy (non-hydrogen) atoms. The van der Waals surface area contributed by atoms with Crippen LogP contribution >= 0.6 is 0 Å². The maximum Gasteiger partial charge on any atom is 0.224 e. The number of carbonyl (C=O) groups excluding carboxylic acids is 1. The second-order valence-electron chi connectivity index (χ2n) is 7.08. The van der Waals surface area contributed by atoms with E-state index in [-0.39, 0.29) is 5.91 Å². The minimum Gasteiger partial charge on any atom is -0.342 e. The van der Waals surface area contributed by atoms with Crippen LogP contribution in [-0.2, 0) is 18.4 Å².